The first-order chi connectivity index (χ1) is 19.7. The van der Waals surface area contributed by atoms with E-state index in [0.717, 1.165) is 0 Å². The van der Waals surface area contributed by atoms with Crippen molar-refractivity contribution in [2.75, 3.05) is 0 Å². The van der Waals surface area contributed by atoms with Gasteiger partial charge in [0.2, 0.25) is 0 Å². The zero-order valence-electron chi connectivity index (χ0n) is 22.9. The summed E-state index contributed by atoms with van der Waals surface area (Å²) in [5.41, 5.74) is 5.34. The Hall–Kier alpha value is -3.82. The monoisotopic (exact) mass is 550 g/mol. The van der Waals surface area contributed by atoms with Crippen LogP contribution in [0.2, 0.25) is 0 Å². The van der Waals surface area contributed by atoms with Gasteiger partial charge in [-0.2, -0.15) is 0 Å². The van der Waals surface area contributed by atoms with Crippen molar-refractivity contribution in [1.29, 1.82) is 0 Å². The fourth-order valence-electron chi connectivity index (χ4n) is 5.42. The maximum Gasteiger partial charge on any atom is 0.00138 e. The summed E-state index contributed by atoms with van der Waals surface area (Å²) in [4.78, 5) is 0. The third-order valence-electron chi connectivity index (χ3n) is 7.30. The molecule has 194 valence electrons. The van der Waals surface area contributed by atoms with Gasteiger partial charge in [-0.05, 0) is 78.5 Å². The van der Waals surface area contributed by atoms with E-state index in [1.807, 2.05) is 0 Å². The Morgan fingerprint density at radius 3 is 1.20 bits per heavy atom. The average Bonchev–Trinajstić information content (AvgIpc) is 3.01. The first kappa shape index (κ1) is 26.4. The highest BCUT2D eigenvalue weighted by atomic mass is 31.1. The maximum absolute atomic E-state index is 2.43. The lowest BCUT2D eigenvalue weighted by molar-refractivity contribution is 1.43. The minimum Gasteiger partial charge on any atom is -0.0622 e. The molecule has 0 amide bonds. The maximum atomic E-state index is 2.43. The number of aryl methyl sites for hydroxylation is 2. The third-order valence-corrected chi connectivity index (χ3v) is 12.5. The van der Waals surface area contributed by atoms with E-state index in [1.165, 1.54) is 54.1 Å². The van der Waals surface area contributed by atoms with Gasteiger partial charge < -0.3 is 0 Å². The second kappa shape index (κ2) is 12.1. The predicted octanol–water partition coefficient (Wildman–Crippen LogP) is 7.49. The number of hydrogen-bond donors (Lipinski definition) is 0. The minimum atomic E-state index is -0.837. The van der Waals surface area contributed by atoms with Crippen molar-refractivity contribution in [2.24, 2.45) is 0 Å². The summed E-state index contributed by atoms with van der Waals surface area (Å²) in [5, 5.41) is 8.42. The molecule has 40 heavy (non-hydrogen) atoms. The third kappa shape index (κ3) is 5.31. The molecule has 6 rings (SSSR count). The molecule has 0 saturated heterocycles. The van der Waals surface area contributed by atoms with Crippen LogP contribution in [0.1, 0.15) is 11.1 Å². The molecule has 0 radical (unpaired) electrons. The zero-order chi connectivity index (χ0) is 27.3. The zero-order valence-corrected chi connectivity index (χ0v) is 24.7. The largest absolute Gasteiger partial charge is 0.0622 e. The van der Waals surface area contributed by atoms with Crippen molar-refractivity contribution in [3.05, 3.63) is 169 Å². The van der Waals surface area contributed by atoms with Crippen LogP contribution in [0.5, 0.6) is 0 Å². The van der Waals surface area contributed by atoms with E-state index in [2.05, 4.69) is 172 Å². The summed E-state index contributed by atoms with van der Waals surface area (Å²) in [7, 11) is -1.63. The van der Waals surface area contributed by atoms with E-state index in [9.17, 15) is 0 Å². The lowest BCUT2D eigenvalue weighted by Crippen LogP contribution is -2.36. The number of rotatable bonds is 7. The van der Waals surface area contributed by atoms with Crippen molar-refractivity contribution in [2.45, 2.75) is 13.8 Å². The van der Waals surface area contributed by atoms with Gasteiger partial charge in [0.25, 0.3) is 0 Å². The van der Waals surface area contributed by atoms with E-state index in [1.54, 1.807) is 0 Å². The van der Waals surface area contributed by atoms with Gasteiger partial charge in [0, 0.05) is 5.30 Å². The molecular formula is C38H32P2. The number of benzene rings is 6. The molecule has 0 N–H and O–H groups in total. The van der Waals surface area contributed by atoms with Gasteiger partial charge in [-0.1, -0.05) is 158 Å². The SMILES string of the molecule is Cc1ccccc1-c1c(C)ccc(P(c2ccccc2)c2ccccc2)c1P(c1ccccc1)c1ccccc1. The van der Waals surface area contributed by atoms with Gasteiger partial charge in [-0.3, -0.25) is 0 Å². The molecule has 0 aliphatic rings. The molecule has 6 aromatic rings. The molecule has 0 atom stereocenters. The van der Waals surface area contributed by atoms with Crippen LogP contribution in [0, 0.1) is 13.8 Å². The molecule has 0 aromatic heterocycles. The van der Waals surface area contributed by atoms with Gasteiger partial charge in [0.1, 0.15) is 0 Å². The topological polar surface area (TPSA) is 0 Å². The van der Waals surface area contributed by atoms with Crippen LogP contribution in [0.3, 0.4) is 0 Å². The highest BCUT2D eigenvalue weighted by Gasteiger charge is 2.29. The Bertz CT molecular complexity index is 1620. The summed E-state index contributed by atoms with van der Waals surface area (Å²) < 4.78 is 0. The first-order valence-corrected chi connectivity index (χ1v) is 16.4. The molecule has 0 aliphatic heterocycles. The van der Waals surface area contributed by atoms with Crippen LogP contribution in [0.15, 0.2) is 158 Å². The Morgan fingerprint density at radius 2 is 0.750 bits per heavy atom. The molecule has 0 saturated carbocycles. The van der Waals surface area contributed by atoms with Crippen LogP contribution in [0.25, 0.3) is 11.1 Å². The van der Waals surface area contributed by atoms with Crippen LogP contribution in [-0.2, 0) is 0 Å². The van der Waals surface area contributed by atoms with Crippen molar-refractivity contribution in [3.63, 3.8) is 0 Å². The summed E-state index contributed by atoms with van der Waals surface area (Å²) in [6, 6.07) is 58.2. The summed E-state index contributed by atoms with van der Waals surface area (Å²) in [5.74, 6) is 0. The van der Waals surface area contributed by atoms with Crippen LogP contribution in [-0.4, -0.2) is 0 Å². The van der Waals surface area contributed by atoms with Crippen molar-refractivity contribution >= 4 is 47.7 Å². The molecular weight excluding hydrogens is 518 g/mol. The van der Waals surface area contributed by atoms with Crippen molar-refractivity contribution in [3.8, 4) is 11.1 Å². The van der Waals surface area contributed by atoms with Crippen LogP contribution in [0.4, 0.5) is 0 Å². The van der Waals surface area contributed by atoms with Crippen molar-refractivity contribution in [1.82, 2.24) is 0 Å². The lowest BCUT2D eigenvalue weighted by Gasteiger charge is -2.31. The number of hydrogen-bond acceptors (Lipinski definition) is 0. The minimum absolute atomic E-state index is 0.792. The van der Waals surface area contributed by atoms with Crippen LogP contribution < -0.4 is 31.8 Å². The smallest absolute Gasteiger partial charge is 0.00138 e. The lowest BCUT2D eigenvalue weighted by atomic mass is 9.96. The second-order valence-corrected chi connectivity index (χ2v) is 14.3. The van der Waals surface area contributed by atoms with Gasteiger partial charge >= 0.3 is 0 Å². The quantitative estimate of drug-likeness (QED) is 0.181. The molecule has 0 nitrogen and oxygen atoms in total. The molecule has 0 fully saturated rings. The van der Waals surface area contributed by atoms with E-state index >= 15 is 0 Å². The first-order valence-electron chi connectivity index (χ1n) is 13.7. The average molecular weight is 551 g/mol. The van der Waals surface area contributed by atoms with Gasteiger partial charge in [-0.25, -0.2) is 0 Å². The molecule has 0 unspecified atom stereocenters. The predicted molar refractivity (Wildman–Crippen MR) is 179 cm³/mol. The van der Waals surface area contributed by atoms with E-state index in [0.29, 0.717) is 0 Å². The second-order valence-electron chi connectivity index (χ2n) is 9.95. The molecule has 6 aromatic carbocycles. The normalized spacial score (nSPS) is 11.2. The standard InChI is InChI=1S/C38H32P2/c1-29-17-15-16-26-35(29)37-30(2)27-28-36(39(31-18-7-3-8-19-31)32-20-9-4-10-21-32)38(37)40(33-22-11-5-12-23-33)34-24-13-6-14-25-34/h3-28H,1-2H3. The highest BCUT2D eigenvalue weighted by Crippen LogP contribution is 2.43. The Morgan fingerprint density at radius 1 is 0.350 bits per heavy atom. The van der Waals surface area contributed by atoms with Gasteiger partial charge in [0.05, 0.1) is 0 Å². The molecule has 0 heterocycles. The molecule has 0 spiro atoms. The summed E-state index contributed by atoms with van der Waals surface area (Å²) >= 11 is 0. The summed E-state index contributed by atoms with van der Waals surface area (Å²) in [6.07, 6.45) is 0. The Labute approximate surface area is 240 Å². The van der Waals surface area contributed by atoms with E-state index in [4.69, 9.17) is 0 Å². The molecule has 0 bridgehead atoms. The van der Waals surface area contributed by atoms with E-state index in [-0.39, 0.29) is 0 Å². The van der Waals surface area contributed by atoms with Gasteiger partial charge in [0.15, 0.2) is 0 Å². The van der Waals surface area contributed by atoms with E-state index < -0.39 is 15.8 Å². The Kier molecular flexibility index (Phi) is 8.02. The fourth-order valence-corrected chi connectivity index (χ4v) is 10.9. The fraction of sp³-hybridized carbons (Fsp3) is 0.0526. The Balaban J connectivity index is 1.75. The van der Waals surface area contributed by atoms with Crippen LogP contribution >= 0.6 is 15.8 Å². The van der Waals surface area contributed by atoms with Gasteiger partial charge in [-0.15, -0.1) is 0 Å². The summed E-state index contributed by atoms with van der Waals surface area (Å²) in [6.45, 7) is 4.53. The molecule has 2 heteroatoms. The molecule has 0 aliphatic carbocycles. The van der Waals surface area contributed by atoms with Crippen molar-refractivity contribution < 1.29 is 0 Å². The highest BCUT2D eigenvalue weighted by molar-refractivity contribution is 7.85.